The highest BCUT2D eigenvalue weighted by atomic mass is 32.2. The largest absolute Gasteiger partial charge is 0.479 e. The molecular formula is C20H16N8O7S3. The number of thiazole rings is 1. The molecule has 2 aliphatic rings. The fraction of sp³-hybridized carbons (Fsp3) is 0.250. The number of hydrogen-bond donors (Lipinski definition) is 3. The number of amides is 2. The second-order valence-electron chi connectivity index (χ2n) is 7.69. The van der Waals surface area contributed by atoms with Crippen LogP contribution in [0.5, 0.6) is 0 Å². The molecule has 18 heteroatoms. The van der Waals surface area contributed by atoms with E-state index < -0.39 is 41.8 Å². The van der Waals surface area contributed by atoms with Crippen molar-refractivity contribution in [2.45, 2.75) is 16.4 Å². The molecule has 38 heavy (non-hydrogen) atoms. The lowest BCUT2D eigenvalue weighted by Crippen LogP contribution is -2.71. The van der Waals surface area contributed by atoms with Gasteiger partial charge in [-0.05, 0) is 17.7 Å². The number of nitrogens with zero attached hydrogens (tertiary/aromatic N) is 7. The van der Waals surface area contributed by atoms with E-state index in [4.69, 9.17) is 9.94 Å². The van der Waals surface area contributed by atoms with Crippen molar-refractivity contribution in [2.24, 2.45) is 5.16 Å². The Labute approximate surface area is 224 Å². The van der Waals surface area contributed by atoms with E-state index in [1.54, 1.807) is 12.1 Å². The maximum atomic E-state index is 13.0. The lowest BCUT2D eigenvalue weighted by molar-refractivity contribution is -0.150. The summed E-state index contributed by atoms with van der Waals surface area (Å²) in [6, 6.07) is 2.47. The van der Waals surface area contributed by atoms with E-state index in [1.165, 1.54) is 56.6 Å². The maximum Gasteiger partial charge on any atom is 0.352 e. The number of nitrogens with one attached hydrogen (secondary N) is 1. The predicted molar refractivity (Wildman–Crippen MR) is 133 cm³/mol. The molecule has 2 aliphatic heterocycles. The number of carboxylic acid groups (broad SMARTS) is 2. The van der Waals surface area contributed by atoms with Gasteiger partial charge in [0.25, 0.3) is 11.8 Å². The summed E-state index contributed by atoms with van der Waals surface area (Å²) in [4.78, 5) is 58.6. The molecule has 0 radical (unpaired) electrons. The van der Waals surface area contributed by atoms with Crippen LogP contribution in [0.15, 0.2) is 50.8 Å². The molecule has 0 spiro atoms. The molecular weight excluding hydrogens is 560 g/mol. The number of aromatic nitrogens is 5. The number of hydrogen-bond acceptors (Lipinski definition) is 13. The van der Waals surface area contributed by atoms with Crippen molar-refractivity contribution in [3.8, 4) is 0 Å². The monoisotopic (exact) mass is 576 g/mol. The summed E-state index contributed by atoms with van der Waals surface area (Å²) in [6.07, 6.45) is 1.46. The highest BCUT2D eigenvalue weighted by Gasteiger charge is 2.54. The maximum absolute atomic E-state index is 13.0. The van der Waals surface area contributed by atoms with Crippen LogP contribution in [0.25, 0.3) is 5.65 Å². The summed E-state index contributed by atoms with van der Waals surface area (Å²) >= 11 is 3.81. The van der Waals surface area contributed by atoms with E-state index in [0.29, 0.717) is 22.0 Å². The summed E-state index contributed by atoms with van der Waals surface area (Å²) in [5, 5.41) is 38.3. The molecule has 3 N–H and O–H groups in total. The van der Waals surface area contributed by atoms with Gasteiger partial charge in [-0.3, -0.25) is 14.5 Å². The summed E-state index contributed by atoms with van der Waals surface area (Å²) in [5.41, 5.74) is 2.28. The Bertz CT molecular complexity index is 1490. The van der Waals surface area contributed by atoms with Crippen molar-refractivity contribution in [3.05, 3.63) is 46.3 Å². The predicted octanol–water partition coefficient (Wildman–Crippen LogP) is -0.0830. The number of β-lactam (4-membered cyclic amide) rings is 1. The van der Waals surface area contributed by atoms with Crippen LogP contribution < -0.4 is 5.32 Å². The van der Waals surface area contributed by atoms with E-state index in [1.807, 2.05) is 0 Å². The molecule has 3 aromatic rings. The van der Waals surface area contributed by atoms with Crippen LogP contribution in [0.3, 0.4) is 0 Å². The third-order valence-corrected chi connectivity index (χ3v) is 8.23. The second kappa shape index (κ2) is 10.8. The van der Waals surface area contributed by atoms with Crippen molar-refractivity contribution in [1.82, 2.24) is 35.0 Å². The average molecular weight is 577 g/mol. The van der Waals surface area contributed by atoms with Crippen LogP contribution in [0.1, 0.15) is 5.69 Å². The quantitative estimate of drug-likeness (QED) is 0.125. The number of carbonyl (C=O) groups excluding carboxylic acids is 2. The highest BCUT2D eigenvalue weighted by molar-refractivity contribution is 8.01. The molecule has 2 amide bonds. The molecule has 15 nitrogen and oxygen atoms in total. The van der Waals surface area contributed by atoms with Gasteiger partial charge >= 0.3 is 11.9 Å². The molecule has 5 rings (SSSR count). The van der Waals surface area contributed by atoms with Crippen molar-refractivity contribution >= 4 is 70.0 Å². The van der Waals surface area contributed by atoms with Crippen molar-refractivity contribution < 1.29 is 34.2 Å². The zero-order valence-electron chi connectivity index (χ0n) is 19.0. The summed E-state index contributed by atoms with van der Waals surface area (Å²) in [6.45, 7) is -0.772. The topological polar surface area (TPSA) is 202 Å². The van der Waals surface area contributed by atoms with Crippen molar-refractivity contribution in [1.29, 1.82) is 0 Å². The molecule has 1 fully saturated rings. The van der Waals surface area contributed by atoms with Gasteiger partial charge in [-0.2, -0.15) is 9.61 Å². The fourth-order valence-electron chi connectivity index (χ4n) is 3.64. The summed E-state index contributed by atoms with van der Waals surface area (Å²) in [5.74, 6) is -3.34. The van der Waals surface area contributed by atoms with Crippen molar-refractivity contribution in [3.63, 3.8) is 0 Å². The standard InChI is InChI=1S/C20H16N8O7S3/c29-13(30)3-35-26-14(10-6-36-8-21-10)17(31)23-15-18(32)28-16(20(33)34)9(5-38-19(15)28)4-37-12-2-1-11-24-22-7-27(11)25-12/h1-2,6-8,15,19H,3-5H2,(H,23,31)(H,29,30)(H,33,34)/b26-14-/t15?,19-/m1/s1. The first-order valence-electron chi connectivity index (χ1n) is 10.6. The van der Waals surface area contributed by atoms with E-state index in [9.17, 15) is 24.3 Å². The van der Waals surface area contributed by atoms with Gasteiger partial charge in [0.15, 0.2) is 11.4 Å². The molecule has 2 atom stereocenters. The van der Waals surface area contributed by atoms with Crippen LogP contribution in [0.2, 0.25) is 0 Å². The van der Waals surface area contributed by atoms with E-state index in [0.717, 1.165) is 4.90 Å². The fourth-order valence-corrected chi connectivity index (χ4v) is 6.52. The lowest BCUT2D eigenvalue weighted by atomic mass is 10.0. The molecule has 5 heterocycles. The van der Waals surface area contributed by atoms with E-state index >= 15 is 0 Å². The van der Waals surface area contributed by atoms with Gasteiger partial charge in [-0.25, -0.2) is 14.6 Å². The Morgan fingerprint density at radius 2 is 2.13 bits per heavy atom. The summed E-state index contributed by atoms with van der Waals surface area (Å²) in [7, 11) is 0. The minimum Gasteiger partial charge on any atom is -0.479 e. The third kappa shape index (κ3) is 5.04. The minimum absolute atomic E-state index is 0.125. The number of carboxylic acids is 2. The molecule has 0 aliphatic carbocycles. The number of oxime groups is 1. The molecule has 3 aromatic heterocycles. The second-order valence-corrected chi connectivity index (χ2v) is 10.5. The van der Waals surface area contributed by atoms with E-state index in [2.05, 4.69) is 30.8 Å². The van der Waals surface area contributed by atoms with Crippen LogP contribution in [-0.2, 0) is 24.0 Å². The van der Waals surface area contributed by atoms with Crippen LogP contribution in [0, 0.1) is 0 Å². The van der Waals surface area contributed by atoms with Crippen LogP contribution >= 0.6 is 34.9 Å². The number of thioether (sulfide) groups is 2. The lowest BCUT2D eigenvalue weighted by Gasteiger charge is -2.49. The minimum atomic E-state index is -1.28. The van der Waals surface area contributed by atoms with Gasteiger partial charge in [-0.1, -0.05) is 5.16 Å². The molecule has 1 saturated heterocycles. The number of fused-ring (bicyclic) bond motifs is 2. The normalized spacial score (nSPS) is 19.2. The Hall–Kier alpha value is -4.03. The van der Waals surface area contributed by atoms with E-state index in [-0.39, 0.29) is 22.9 Å². The van der Waals surface area contributed by atoms with Crippen molar-refractivity contribution in [2.75, 3.05) is 18.1 Å². The number of carbonyl (C=O) groups is 4. The van der Waals surface area contributed by atoms with Gasteiger partial charge in [0.05, 0.1) is 5.51 Å². The Kier molecular flexibility index (Phi) is 7.25. The van der Waals surface area contributed by atoms with Gasteiger partial charge in [0.2, 0.25) is 6.61 Å². The van der Waals surface area contributed by atoms with Crippen LogP contribution in [-0.4, -0.2) is 98.9 Å². The number of rotatable bonds is 10. The van der Waals surface area contributed by atoms with Gasteiger partial charge in [-0.15, -0.1) is 45.1 Å². The van der Waals surface area contributed by atoms with Crippen LogP contribution in [0.4, 0.5) is 0 Å². The highest BCUT2D eigenvalue weighted by Crippen LogP contribution is 2.41. The SMILES string of the molecule is O=C(O)CO/N=C(\C(=O)NC1C(=O)N2C(C(=O)O)=C(CSc3ccc4nncn4n3)CS[C@H]12)c1cscn1. The molecule has 0 aromatic carbocycles. The Balaban J connectivity index is 1.29. The Morgan fingerprint density at radius 1 is 1.29 bits per heavy atom. The smallest absolute Gasteiger partial charge is 0.352 e. The molecule has 1 unspecified atom stereocenters. The first-order valence-corrected chi connectivity index (χ1v) is 13.6. The first kappa shape index (κ1) is 25.6. The summed E-state index contributed by atoms with van der Waals surface area (Å²) < 4.78 is 1.50. The van der Waals surface area contributed by atoms with Gasteiger partial charge in [0, 0.05) is 16.9 Å². The molecule has 0 bridgehead atoms. The first-order chi connectivity index (χ1) is 18.3. The Morgan fingerprint density at radius 3 is 2.87 bits per heavy atom. The van der Waals surface area contributed by atoms with Gasteiger partial charge in [0.1, 0.15) is 34.2 Å². The zero-order chi connectivity index (χ0) is 26.8. The third-order valence-electron chi connectivity index (χ3n) is 5.30. The molecule has 196 valence electrons. The number of aliphatic carboxylic acids is 2. The van der Waals surface area contributed by atoms with Gasteiger partial charge < -0.3 is 20.4 Å². The molecule has 0 saturated carbocycles. The zero-order valence-corrected chi connectivity index (χ0v) is 21.4. The average Bonchev–Trinajstić information content (AvgIpc) is 3.59.